The molecule has 0 saturated carbocycles. The first-order chi connectivity index (χ1) is 13.1. The van der Waals surface area contributed by atoms with Crippen molar-refractivity contribution in [1.82, 2.24) is 25.6 Å². The summed E-state index contributed by atoms with van der Waals surface area (Å²) in [6, 6.07) is 12.8. The number of carbonyl (C=O) groups is 2. The Kier molecular flexibility index (Phi) is 6.10. The molecule has 9 nitrogen and oxygen atoms in total. The lowest BCUT2D eigenvalue weighted by Crippen LogP contribution is -2.42. The van der Waals surface area contributed by atoms with Crippen molar-refractivity contribution in [3.8, 4) is 0 Å². The van der Waals surface area contributed by atoms with Gasteiger partial charge in [-0.25, -0.2) is 9.89 Å². The number of rotatable bonds is 7. The van der Waals surface area contributed by atoms with Gasteiger partial charge in [-0.05, 0) is 24.1 Å². The number of nitrogens with zero attached hydrogens (tertiary/aromatic N) is 2. The summed E-state index contributed by atoms with van der Waals surface area (Å²) in [6.07, 6.45) is 2.03. The zero-order valence-electron chi connectivity index (χ0n) is 14.2. The van der Waals surface area contributed by atoms with Crippen LogP contribution in [0.25, 0.3) is 0 Å². The Labute approximate surface area is 158 Å². The largest absolute Gasteiger partial charge is 0.459 e. The molecule has 27 heavy (non-hydrogen) atoms. The highest BCUT2D eigenvalue weighted by Crippen LogP contribution is 2.13. The molecule has 2 aromatic heterocycles. The van der Waals surface area contributed by atoms with E-state index in [0.717, 1.165) is 17.3 Å². The predicted molar refractivity (Wildman–Crippen MR) is 98.0 cm³/mol. The molecule has 0 radical (unpaired) electrons. The van der Waals surface area contributed by atoms with Crippen LogP contribution in [0.4, 0.5) is 0 Å². The smallest absolute Gasteiger partial charge is 0.343 e. The van der Waals surface area contributed by atoms with Crippen molar-refractivity contribution in [2.75, 3.05) is 5.75 Å². The molecule has 2 amide bonds. The van der Waals surface area contributed by atoms with Crippen molar-refractivity contribution < 1.29 is 14.0 Å². The number of amides is 2. The average molecular weight is 387 g/mol. The zero-order chi connectivity index (χ0) is 19.1. The third-order valence-corrected chi connectivity index (χ3v) is 4.56. The molecule has 0 atom stereocenters. The van der Waals surface area contributed by atoms with Gasteiger partial charge in [-0.3, -0.25) is 25.0 Å². The molecule has 140 valence electrons. The number of aromatic nitrogens is 3. The Hall–Kier alpha value is -3.27. The van der Waals surface area contributed by atoms with Gasteiger partial charge in [0.1, 0.15) is 0 Å². The van der Waals surface area contributed by atoms with Gasteiger partial charge in [-0.15, -0.1) is 5.10 Å². The van der Waals surface area contributed by atoms with Crippen LogP contribution in [0.5, 0.6) is 0 Å². The molecule has 0 fully saturated rings. The third kappa shape index (κ3) is 5.11. The summed E-state index contributed by atoms with van der Waals surface area (Å²) in [5, 5.41) is 6.74. The molecule has 1 aromatic carbocycles. The number of hydrogen-bond donors (Lipinski definition) is 3. The Morgan fingerprint density at radius 3 is 2.70 bits per heavy atom. The number of carbonyl (C=O) groups excluding carboxylic acids is 2. The maximum atomic E-state index is 11.9. The molecule has 3 aromatic rings. The monoisotopic (exact) mass is 387 g/mol. The minimum absolute atomic E-state index is 0.0198. The van der Waals surface area contributed by atoms with Crippen molar-refractivity contribution in [1.29, 1.82) is 0 Å². The Balaban J connectivity index is 1.50. The second kappa shape index (κ2) is 8.90. The first-order valence-electron chi connectivity index (χ1n) is 8.08. The standard InChI is InChI=1S/C17H17N5O4S/c23-14(18-19-15(24)13-7-4-10-26-13)11-27-17-21-20-16(25)22(17)9-8-12-5-2-1-3-6-12/h1-7,10H,8-9,11H2,(H,18,23)(H,19,24)(H,20,25). The van der Waals surface area contributed by atoms with Gasteiger partial charge >= 0.3 is 11.6 Å². The van der Waals surface area contributed by atoms with E-state index in [1.807, 2.05) is 30.3 Å². The molecule has 0 bridgehead atoms. The van der Waals surface area contributed by atoms with E-state index in [-0.39, 0.29) is 17.2 Å². The lowest BCUT2D eigenvalue weighted by Gasteiger charge is -2.07. The van der Waals surface area contributed by atoms with E-state index >= 15 is 0 Å². The fraction of sp³-hybridized carbons (Fsp3) is 0.176. The number of H-pyrrole nitrogens is 1. The highest BCUT2D eigenvalue weighted by atomic mass is 32.2. The van der Waals surface area contributed by atoms with Crippen molar-refractivity contribution in [2.45, 2.75) is 18.1 Å². The normalized spacial score (nSPS) is 10.5. The summed E-state index contributed by atoms with van der Waals surface area (Å²) < 4.78 is 6.40. The first-order valence-corrected chi connectivity index (χ1v) is 9.06. The van der Waals surface area contributed by atoms with Crippen molar-refractivity contribution in [3.05, 3.63) is 70.5 Å². The van der Waals surface area contributed by atoms with Crippen molar-refractivity contribution in [2.24, 2.45) is 0 Å². The topological polar surface area (TPSA) is 122 Å². The average Bonchev–Trinajstić information content (AvgIpc) is 3.34. The summed E-state index contributed by atoms with van der Waals surface area (Å²) >= 11 is 1.09. The molecular formula is C17H17N5O4S. The Morgan fingerprint density at radius 1 is 1.15 bits per heavy atom. The first kappa shape index (κ1) is 18.5. The molecule has 3 rings (SSSR count). The van der Waals surface area contributed by atoms with Crippen molar-refractivity contribution in [3.63, 3.8) is 0 Å². The lowest BCUT2D eigenvalue weighted by molar-refractivity contribution is -0.119. The fourth-order valence-electron chi connectivity index (χ4n) is 2.26. The van der Waals surface area contributed by atoms with Crippen LogP contribution in [0.1, 0.15) is 16.1 Å². The van der Waals surface area contributed by atoms with Crippen LogP contribution in [0.15, 0.2) is 63.1 Å². The molecule has 0 spiro atoms. The molecule has 2 heterocycles. The van der Waals surface area contributed by atoms with Crippen molar-refractivity contribution >= 4 is 23.6 Å². The summed E-state index contributed by atoms with van der Waals surface area (Å²) in [5.41, 5.74) is 5.29. The van der Waals surface area contributed by atoms with Crippen LogP contribution >= 0.6 is 11.8 Å². The number of furan rings is 1. The van der Waals surface area contributed by atoms with E-state index in [4.69, 9.17) is 4.42 Å². The molecule has 10 heteroatoms. The van der Waals surface area contributed by atoms with E-state index in [1.165, 1.54) is 16.9 Å². The van der Waals surface area contributed by atoms with Crippen LogP contribution in [0, 0.1) is 0 Å². The number of aryl methyl sites for hydroxylation is 1. The van der Waals surface area contributed by atoms with E-state index in [1.54, 1.807) is 6.07 Å². The summed E-state index contributed by atoms with van der Waals surface area (Å²) in [5.74, 6) is -0.929. The molecule has 0 aliphatic carbocycles. The fourth-order valence-corrected chi connectivity index (χ4v) is 3.03. The minimum Gasteiger partial charge on any atom is -0.459 e. The highest BCUT2D eigenvalue weighted by Gasteiger charge is 2.13. The maximum Gasteiger partial charge on any atom is 0.343 e. The van der Waals surface area contributed by atoms with Gasteiger partial charge in [0.15, 0.2) is 10.9 Å². The van der Waals surface area contributed by atoms with Crippen LogP contribution < -0.4 is 16.5 Å². The quantitative estimate of drug-likeness (QED) is 0.410. The van der Waals surface area contributed by atoms with E-state index in [9.17, 15) is 14.4 Å². The number of benzene rings is 1. The number of hydrazine groups is 1. The lowest BCUT2D eigenvalue weighted by atomic mass is 10.1. The molecule has 0 aliphatic rings. The van der Waals surface area contributed by atoms with Gasteiger partial charge in [0.2, 0.25) is 5.91 Å². The summed E-state index contributed by atoms with van der Waals surface area (Å²) in [7, 11) is 0. The number of hydrogen-bond acceptors (Lipinski definition) is 6. The third-order valence-electron chi connectivity index (χ3n) is 3.58. The van der Waals surface area contributed by atoms with Gasteiger partial charge in [-0.2, -0.15) is 0 Å². The molecule has 0 aliphatic heterocycles. The predicted octanol–water partition coefficient (Wildman–Crippen LogP) is 0.960. The van der Waals surface area contributed by atoms with Gasteiger partial charge in [0.25, 0.3) is 0 Å². The SMILES string of the molecule is O=C(CSc1n[nH]c(=O)n1CCc1ccccc1)NNC(=O)c1ccco1. The van der Waals surface area contributed by atoms with Gasteiger partial charge in [-0.1, -0.05) is 42.1 Å². The summed E-state index contributed by atoms with van der Waals surface area (Å²) in [4.78, 5) is 35.5. The van der Waals surface area contributed by atoms with E-state index < -0.39 is 11.8 Å². The molecule has 0 unspecified atom stereocenters. The Bertz CT molecular complexity index is 949. The van der Waals surface area contributed by atoms with Crippen LogP contribution in [0.3, 0.4) is 0 Å². The number of nitrogens with one attached hydrogen (secondary N) is 3. The minimum atomic E-state index is -0.558. The molecule has 0 saturated heterocycles. The Morgan fingerprint density at radius 2 is 1.96 bits per heavy atom. The van der Waals surface area contributed by atoms with E-state index in [2.05, 4.69) is 21.0 Å². The second-order valence-corrected chi connectivity index (χ2v) is 6.41. The highest BCUT2D eigenvalue weighted by molar-refractivity contribution is 7.99. The van der Waals surface area contributed by atoms with Gasteiger partial charge in [0.05, 0.1) is 12.0 Å². The zero-order valence-corrected chi connectivity index (χ0v) is 15.0. The second-order valence-electron chi connectivity index (χ2n) is 5.47. The number of thioether (sulfide) groups is 1. The van der Waals surface area contributed by atoms with Crippen LogP contribution in [-0.4, -0.2) is 32.3 Å². The van der Waals surface area contributed by atoms with Gasteiger partial charge < -0.3 is 4.42 Å². The van der Waals surface area contributed by atoms with Gasteiger partial charge in [0, 0.05) is 6.54 Å². The summed E-state index contributed by atoms with van der Waals surface area (Å²) in [6.45, 7) is 0.443. The van der Waals surface area contributed by atoms with Crippen LogP contribution in [0.2, 0.25) is 0 Å². The molecular weight excluding hydrogens is 370 g/mol. The molecule has 3 N–H and O–H groups in total. The van der Waals surface area contributed by atoms with Crippen LogP contribution in [-0.2, 0) is 17.8 Å². The van der Waals surface area contributed by atoms with E-state index in [0.29, 0.717) is 18.1 Å². The number of aromatic amines is 1. The maximum absolute atomic E-state index is 11.9.